The molecule has 0 unspecified atom stereocenters. The highest BCUT2D eigenvalue weighted by Crippen LogP contribution is 2.14. The third-order valence-electron chi connectivity index (χ3n) is 3.20. The normalized spacial score (nSPS) is 10.7. The number of halogens is 1. The van der Waals surface area contributed by atoms with Crippen LogP contribution in [-0.2, 0) is 6.54 Å². The molecule has 0 saturated heterocycles. The number of aromatic nitrogens is 1. The SMILES string of the molecule is C=CCCCN(C)C(=NC)NCc1cccnc1OCCC.I. The Morgan fingerprint density at radius 3 is 2.96 bits per heavy atom. The second-order valence-corrected chi connectivity index (χ2v) is 5.07. The average molecular weight is 432 g/mol. The van der Waals surface area contributed by atoms with Gasteiger partial charge in [0.1, 0.15) is 0 Å². The van der Waals surface area contributed by atoms with Gasteiger partial charge in [0.2, 0.25) is 5.88 Å². The van der Waals surface area contributed by atoms with Gasteiger partial charge in [-0.2, -0.15) is 0 Å². The third-order valence-corrected chi connectivity index (χ3v) is 3.20. The van der Waals surface area contributed by atoms with E-state index >= 15 is 0 Å². The summed E-state index contributed by atoms with van der Waals surface area (Å²) >= 11 is 0. The van der Waals surface area contributed by atoms with E-state index in [1.165, 1.54) is 0 Å². The fourth-order valence-corrected chi connectivity index (χ4v) is 2.03. The number of allylic oxidation sites excluding steroid dienone is 1. The number of hydrogen-bond acceptors (Lipinski definition) is 3. The van der Waals surface area contributed by atoms with Crippen LogP contribution >= 0.6 is 24.0 Å². The van der Waals surface area contributed by atoms with E-state index in [1.54, 1.807) is 13.2 Å². The summed E-state index contributed by atoms with van der Waals surface area (Å²) < 4.78 is 5.68. The Hall–Kier alpha value is -1.31. The first kappa shape index (κ1) is 21.7. The van der Waals surface area contributed by atoms with Crippen molar-refractivity contribution < 1.29 is 4.74 Å². The quantitative estimate of drug-likeness (QED) is 0.214. The molecule has 0 aliphatic carbocycles. The van der Waals surface area contributed by atoms with E-state index in [9.17, 15) is 0 Å². The molecule has 1 heterocycles. The van der Waals surface area contributed by atoms with Gasteiger partial charge in [-0.3, -0.25) is 4.99 Å². The molecule has 1 aromatic heterocycles. The van der Waals surface area contributed by atoms with Crippen LogP contribution in [0.4, 0.5) is 0 Å². The summed E-state index contributed by atoms with van der Waals surface area (Å²) in [6.45, 7) is 8.10. The lowest BCUT2D eigenvalue weighted by Gasteiger charge is -2.22. The van der Waals surface area contributed by atoms with E-state index in [2.05, 4.69) is 33.7 Å². The number of guanidine groups is 1. The highest BCUT2D eigenvalue weighted by atomic mass is 127. The lowest BCUT2D eigenvalue weighted by atomic mass is 10.2. The molecule has 0 fully saturated rings. The molecule has 0 aliphatic heterocycles. The van der Waals surface area contributed by atoms with Crippen LogP contribution in [0.2, 0.25) is 0 Å². The van der Waals surface area contributed by atoms with Crippen LogP contribution in [0.25, 0.3) is 0 Å². The summed E-state index contributed by atoms with van der Waals surface area (Å²) in [6.07, 6.45) is 6.75. The van der Waals surface area contributed by atoms with Crippen molar-refractivity contribution >= 4 is 29.9 Å². The molecule has 23 heavy (non-hydrogen) atoms. The van der Waals surface area contributed by atoms with Gasteiger partial charge in [-0.1, -0.05) is 19.1 Å². The van der Waals surface area contributed by atoms with E-state index in [1.807, 2.05) is 25.3 Å². The van der Waals surface area contributed by atoms with Crippen LogP contribution in [0.15, 0.2) is 36.0 Å². The van der Waals surface area contributed by atoms with E-state index in [0.29, 0.717) is 19.0 Å². The number of aliphatic imine (C=N–C) groups is 1. The van der Waals surface area contributed by atoms with Crippen molar-refractivity contribution in [1.82, 2.24) is 15.2 Å². The van der Waals surface area contributed by atoms with Crippen molar-refractivity contribution in [2.24, 2.45) is 4.99 Å². The molecule has 5 nitrogen and oxygen atoms in total. The molecule has 0 saturated carbocycles. The molecule has 6 heteroatoms. The van der Waals surface area contributed by atoms with Gasteiger partial charge >= 0.3 is 0 Å². The number of pyridine rings is 1. The standard InChI is InChI=1S/C17H28N4O.HI/c1-5-7-8-12-21(4)17(18-3)20-14-15-10-9-11-19-16(15)22-13-6-2;/h5,9-11H,1,6-8,12-14H2,2-4H3,(H,18,20);1H. The first-order chi connectivity index (χ1) is 10.7. The van der Waals surface area contributed by atoms with Crippen molar-refractivity contribution in [3.63, 3.8) is 0 Å². The summed E-state index contributed by atoms with van der Waals surface area (Å²) in [6, 6.07) is 3.95. The van der Waals surface area contributed by atoms with Gasteiger partial charge in [-0.15, -0.1) is 30.6 Å². The number of ether oxygens (including phenoxy) is 1. The van der Waals surface area contributed by atoms with E-state index in [4.69, 9.17) is 4.74 Å². The highest BCUT2D eigenvalue weighted by molar-refractivity contribution is 14.0. The fourth-order valence-electron chi connectivity index (χ4n) is 2.03. The Labute approximate surface area is 157 Å². The Morgan fingerprint density at radius 2 is 2.30 bits per heavy atom. The van der Waals surface area contributed by atoms with E-state index in [-0.39, 0.29) is 24.0 Å². The zero-order valence-electron chi connectivity index (χ0n) is 14.4. The average Bonchev–Trinajstić information content (AvgIpc) is 2.54. The summed E-state index contributed by atoms with van der Waals surface area (Å²) in [5, 5.41) is 3.36. The number of rotatable bonds is 9. The zero-order chi connectivity index (χ0) is 16.2. The second-order valence-electron chi connectivity index (χ2n) is 5.07. The zero-order valence-corrected chi connectivity index (χ0v) is 16.7. The van der Waals surface area contributed by atoms with E-state index < -0.39 is 0 Å². The maximum absolute atomic E-state index is 5.68. The second kappa shape index (κ2) is 13.2. The fraction of sp³-hybridized carbons (Fsp3) is 0.529. The minimum absolute atomic E-state index is 0. The van der Waals surface area contributed by atoms with Gasteiger partial charge in [0.25, 0.3) is 0 Å². The summed E-state index contributed by atoms with van der Waals surface area (Å²) in [5.74, 6) is 1.57. The number of unbranched alkanes of at least 4 members (excludes halogenated alkanes) is 1. The predicted molar refractivity (Wildman–Crippen MR) is 108 cm³/mol. The lowest BCUT2D eigenvalue weighted by Crippen LogP contribution is -2.39. The van der Waals surface area contributed by atoms with E-state index in [0.717, 1.165) is 37.3 Å². The smallest absolute Gasteiger partial charge is 0.218 e. The molecule has 1 rings (SSSR count). The monoisotopic (exact) mass is 432 g/mol. The molecule has 1 N–H and O–H groups in total. The van der Waals surface area contributed by atoms with Crippen molar-refractivity contribution in [1.29, 1.82) is 0 Å². The van der Waals surface area contributed by atoms with Crippen LogP contribution in [0.3, 0.4) is 0 Å². The first-order valence-corrected chi connectivity index (χ1v) is 7.82. The number of nitrogens with one attached hydrogen (secondary N) is 1. The van der Waals surface area contributed by atoms with Crippen LogP contribution < -0.4 is 10.1 Å². The predicted octanol–water partition coefficient (Wildman–Crippen LogP) is 3.46. The van der Waals surface area contributed by atoms with Crippen LogP contribution in [0.5, 0.6) is 5.88 Å². The van der Waals surface area contributed by atoms with Crippen molar-refractivity contribution in [2.45, 2.75) is 32.7 Å². The molecular formula is C17H29IN4O. The minimum atomic E-state index is 0. The number of hydrogen-bond donors (Lipinski definition) is 1. The molecule has 0 atom stereocenters. The first-order valence-electron chi connectivity index (χ1n) is 7.82. The molecule has 0 bridgehead atoms. The summed E-state index contributed by atoms with van der Waals surface area (Å²) in [7, 11) is 3.83. The summed E-state index contributed by atoms with van der Waals surface area (Å²) in [4.78, 5) is 10.7. The molecule has 0 spiro atoms. The maximum Gasteiger partial charge on any atom is 0.218 e. The van der Waals surface area contributed by atoms with Crippen molar-refractivity contribution in [3.05, 3.63) is 36.5 Å². The lowest BCUT2D eigenvalue weighted by molar-refractivity contribution is 0.301. The van der Waals surface area contributed by atoms with Crippen LogP contribution in [0.1, 0.15) is 31.7 Å². The topological polar surface area (TPSA) is 49.8 Å². The molecule has 1 aromatic rings. The minimum Gasteiger partial charge on any atom is -0.477 e. The van der Waals surface area contributed by atoms with Gasteiger partial charge in [-0.05, 0) is 25.3 Å². The maximum atomic E-state index is 5.68. The molecule has 0 aliphatic rings. The van der Waals surface area contributed by atoms with Gasteiger partial charge in [0.05, 0.1) is 6.61 Å². The number of nitrogens with zero attached hydrogens (tertiary/aromatic N) is 3. The highest BCUT2D eigenvalue weighted by Gasteiger charge is 2.08. The molecule has 0 radical (unpaired) electrons. The van der Waals surface area contributed by atoms with Gasteiger partial charge < -0.3 is 15.0 Å². The van der Waals surface area contributed by atoms with Gasteiger partial charge in [0.15, 0.2) is 5.96 Å². The van der Waals surface area contributed by atoms with Gasteiger partial charge in [0, 0.05) is 38.9 Å². The largest absolute Gasteiger partial charge is 0.477 e. The third kappa shape index (κ3) is 8.20. The Balaban J connectivity index is 0.00000484. The molecular weight excluding hydrogens is 403 g/mol. The van der Waals surface area contributed by atoms with Gasteiger partial charge in [-0.25, -0.2) is 4.98 Å². The molecule has 0 amide bonds. The van der Waals surface area contributed by atoms with Crippen molar-refractivity contribution in [3.8, 4) is 5.88 Å². The molecule has 0 aromatic carbocycles. The Bertz CT molecular complexity index is 479. The summed E-state index contributed by atoms with van der Waals surface area (Å²) in [5.41, 5.74) is 1.04. The van der Waals surface area contributed by atoms with Crippen LogP contribution in [-0.4, -0.2) is 43.1 Å². The van der Waals surface area contributed by atoms with Crippen LogP contribution in [0, 0.1) is 0 Å². The Morgan fingerprint density at radius 1 is 1.52 bits per heavy atom. The Kier molecular flexibility index (Phi) is 12.4. The van der Waals surface area contributed by atoms with Crippen molar-refractivity contribution in [2.75, 3.05) is 27.2 Å². The molecule has 130 valence electrons.